The molecule has 114 valence electrons. The second kappa shape index (κ2) is 9.72. The molecule has 0 aromatic carbocycles. The Kier molecular flexibility index (Phi) is 8.23. The zero-order valence-corrected chi connectivity index (χ0v) is 13.5. The fourth-order valence-corrected chi connectivity index (χ4v) is 2.11. The minimum absolute atomic E-state index is 0.936. The Morgan fingerprint density at radius 1 is 1.15 bits per heavy atom. The highest BCUT2D eigenvalue weighted by Crippen LogP contribution is 2.08. The van der Waals surface area contributed by atoms with Crippen molar-refractivity contribution in [1.29, 1.82) is 0 Å². The molecule has 0 radical (unpaired) electrons. The van der Waals surface area contributed by atoms with Crippen molar-refractivity contribution in [3.8, 4) is 0 Å². The fraction of sp³-hybridized carbons (Fsp3) is 0.688. The first-order valence-corrected chi connectivity index (χ1v) is 7.72. The van der Waals surface area contributed by atoms with Crippen LogP contribution in [0.4, 0.5) is 5.82 Å². The van der Waals surface area contributed by atoms with Crippen LogP contribution in [-0.4, -0.2) is 55.1 Å². The van der Waals surface area contributed by atoms with E-state index in [1.54, 1.807) is 0 Å². The molecule has 20 heavy (non-hydrogen) atoms. The van der Waals surface area contributed by atoms with Gasteiger partial charge in [0.2, 0.25) is 0 Å². The highest BCUT2D eigenvalue weighted by molar-refractivity contribution is 5.35. The molecule has 0 aliphatic heterocycles. The van der Waals surface area contributed by atoms with Gasteiger partial charge in [-0.1, -0.05) is 19.9 Å². The van der Waals surface area contributed by atoms with Crippen molar-refractivity contribution in [1.82, 2.24) is 14.8 Å². The minimum atomic E-state index is 0.936. The lowest BCUT2D eigenvalue weighted by molar-refractivity contribution is 0.257. The van der Waals surface area contributed by atoms with E-state index in [9.17, 15) is 0 Å². The van der Waals surface area contributed by atoms with Gasteiger partial charge >= 0.3 is 0 Å². The Morgan fingerprint density at radius 2 is 1.95 bits per heavy atom. The predicted molar refractivity (Wildman–Crippen MR) is 87.1 cm³/mol. The molecule has 1 N–H and O–H groups in total. The van der Waals surface area contributed by atoms with Gasteiger partial charge in [0.1, 0.15) is 5.82 Å². The van der Waals surface area contributed by atoms with Gasteiger partial charge in [0.05, 0.1) is 5.69 Å². The molecule has 0 fully saturated rings. The predicted octanol–water partition coefficient (Wildman–Crippen LogP) is 2.68. The Balaban J connectivity index is 2.47. The average Bonchev–Trinajstić information content (AvgIpc) is 2.44. The van der Waals surface area contributed by atoms with Crippen molar-refractivity contribution >= 4 is 5.82 Å². The molecule has 0 saturated carbocycles. The zero-order valence-electron chi connectivity index (χ0n) is 13.5. The summed E-state index contributed by atoms with van der Waals surface area (Å²) >= 11 is 0. The average molecular weight is 278 g/mol. The third-order valence-electron chi connectivity index (χ3n) is 3.28. The minimum Gasteiger partial charge on any atom is -0.370 e. The van der Waals surface area contributed by atoms with Gasteiger partial charge in [0, 0.05) is 13.1 Å². The van der Waals surface area contributed by atoms with E-state index >= 15 is 0 Å². The SMILES string of the molecule is CCCNc1cccc(CN(CC)CCCN(C)C)n1. The monoisotopic (exact) mass is 278 g/mol. The van der Waals surface area contributed by atoms with Crippen LogP contribution in [0.5, 0.6) is 0 Å². The van der Waals surface area contributed by atoms with E-state index in [0.29, 0.717) is 0 Å². The van der Waals surface area contributed by atoms with E-state index in [1.165, 1.54) is 6.42 Å². The molecule has 0 spiro atoms. The smallest absolute Gasteiger partial charge is 0.126 e. The van der Waals surface area contributed by atoms with Gasteiger partial charge < -0.3 is 10.2 Å². The Bertz CT molecular complexity index is 365. The van der Waals surface area contributed by atoms with Crippen LogP contribution >= 0.6 is 0 Å². The summed E-state index contributed by atoms with van der Waals surface area (Å²) in [6, 6.07) is 6.25. The van der Waals surface area contributed by atoms with E-state index in [4.69, 9.17) is 0 Å². The highest BCUT2D eigenvalue weighted by atomic mass is 15.1. The zero-order chi connectivity index (χ0) is 14.8. The molecule has 0 aliphatic carbocycles. The Hall–Kier alpha value is -1.13. The second-order valence-electron chi connectivity index (χ2n) is 5.47. The van der Waals surface area contributed by atoms with Crippen LogP contribution in [0, 0.1) is 0 Å². The van der Waals surface area contributed by atoms with Gasteiger partial charge in [-0.15, -0.1) is 0 Å². The molecule has 0 aliphatic rings. The maximum atomic E-state index is 4.68. The summed E-state index contributed by atoms with van der Waals surface area (Å²) in [5.74, 6) is 0.994. The van der Waals surface area contributed by atoms with Crippen LogP contribution in [0.2, 0.25) is 0 Å². The number of nitrogens with one attached hydrogen (secondary N) is 1. The van der Waals surface area contributed by atoms with Gasteiger partial charge in [-0.2, -0.15) is 0 Å². The largest absolute Gasteiger partial charge is 0.370 e. The second-order valence-corrected chi connectivity index (χ2v) is 5.47. The lowest BCUT2D eigenvalue weighted by Gasteiger charge is -2.21. The van der Waals surface area contributed by atoms with Crippen LogP contribution in [0.1, 0.15) is 32.4 Å². The van der Waals surface area contributed by atoms with Crippen LogP contribution in [0.25, 0.3) is 0 Å². The summed E-state index contributed by atoms with van der Waals surface area (Å²) in [6.07, 6.45) is 2.33. The Morgan fingerprint density at radius 3 is 2.60 bits per heavy atom. The van der Waals surface area contributed by atoms with Crippen molar-refractivity contribution in [2.24, 2.45) is 0 Å². The number of hydrogen-bond donors (Lipinski definition) is 1. The molecule has 1 aromatic rings. The molecule has 0 atom stereocenters. The van der Waals surface area contributed by atoms with Crippen molar-refractivity contribution in [3.05, 3.63) is 23.9 Å². The number of aromatic nitrogens is 1. The van der Waals surface area contributed by atoms with Crippen LogP contribution in [0.3, 0.4) is 0 Å². The third kappa shape index (κ3) is 6.87. The van der Waals surface area contributed by atoms with Crippen molar-refractivity contribution in [2.45, 2.75) is 33.2 Å². The summed E-state index contributed by atoms with van der Waals surface area (Å²) in [5.41, 5.74) is 1.15. The van der Waals surface area contributed by atoms with Crippen molar-refractivity contribution < 1.29 is 0 Å². The van der Waals surface area contributed by atoms with Crippen LogP contribution < -0.4 is 5.32 Å². The van der Waals surface area contributed by atoms with Gasteiger partial charge in [-0.25, -0.2) is 4.98 Å². The Labute approximate surface area is 124 Å². The highest BCUT2D eigenvalue weighted by Gasteiger charge is 2.05. The summed E-state index contributed by atoms with van der Waals surface area (Å²) < 4.78 is 0. The first-order chi connectivity index (χ1) is 9.65. The quantitative estimate of drug-likeness (QED) is 0.713. The molecule has 0 bridgehead atoms. The molecule has 1 aromatic heterocycles. The molecule has 0 saturated heterocycles. The summed E-state index contributed by atoms with van der Waals surface area (Å²) in [6.45, 7) is 9.64. The molecule has 0 amide bonds. The maximum Gasteiger partial charge on any atom is 0.126 e. The van der Waals surface area contributed by atoms with E-state index in [2.05, 4.69) is 60.2 Å². The van der Waals surface area contributed by atoms with Gasteiger partial charge in [-0.3, -0.25) is 4.90 Å². The summed E-state index contributed by atoms with van der Waals surface area (Å²) in [7, 11) is 4.25. The lowest BCUT2D eigenvalue weighted by Crippen LogP contribution is -2.27. The van der Waals surface area contributed by atoms with Crippen LogP contribution in [-0.2, 0) is 6.54 Å². The van der Waals surface area contributed by atoms with E-state index in [-0.39, 0.29) is 0 Å². The molecule has 1 rings (SSSR count). The van der Waals surface area contributed by atoms with Gasteiger partial charge in [0.25, 0.3) is 0 Å². The molecule has 1 heterocycles. The molecular formula is C16H30N4. The first-order valence-electron chi connectivity index (χ1n) is 7.72. The maximum absolute atomic E-state index is 4.68. The normalized spacial score (nSPS) is 11.3. The van der Waals surface area contributed by atoms with Crippen LogP contribution in [0.15, 0.2) is 18.2 Å². The van der Waals surface area contributed by atoms with Gasteiger partial charge in [-0.05, 0) is 58.7 Å². The van der Waals surface area contributed by atoms with E-state index < -0.39 is 0 Å². The van der Waals surface area contributed by atoms with E-state index in [0.717, 1.165) is 50.7 Å². The van der Waals surface area contributed by atoms with Gasteiger partial charge in [0.15, 0.2) is 0 Å². The van der Waals surface area contributed by atoms with Crippen molar-refractivity contribution in [2.75, 3.05) is 45.6 Å². The number of hydrogen-bond acceptors (Lipinski definition) is 4. The standard InChI is InChI=1S/C16H30N4/c1-5-11-17-16-10-7-9-15(18-16)14-20(6-2)13-8-12-19(3)4/h7,9-10H,5-6,8,11-14H2,1-4H3,(H,17,18). The van der Waals surface area contributed by atoms with Crippen molar-refractivity contribution in [3.63, 3.8) is 0 Å². The molecule has 4 nitrogen and oxygen atoms in total. The number of pyridine rings is 1. The molecule has 4 heteroatoms. The third-order valence-corrected chi connectivity index (χ3v) is 3.28. The molecule has 0 unspecified atom stereocenters. The summed E-state index contributed by atoms with van der Waals surface area (Å²) in [4.78, 5) is 9.37. The lowest BCUT2D eigenvalue weighted by atomic mass is 10.3. The van der Waals surface area contributed by atoms with E-state index in [1.807, 2.05) is 6.07 Å². The molecular weight excluding hydrogens is 248 g/mol. The number of nitrogens with zero attached hydrogens (tertiary/aromatic N) is 3. The fourth-order valence-electron chi connectivity index (χ4n) is 2.11. The topological polar surface area (TPSA) is 31.4 Å². The summed E-state index contributed by atoms with van der Waals surface area (Å²) in [5, 5.41) is 3.35. The number of anilines is 1. The number of rotatable bonds is 10. The first kappa shape index (κ1) is 16.9.